The number of anilines is 1. The second-order valence-corrected chi connectivity index (χ2v) is 4.59. The Bertz CT molecular complexity index is 754. The van der Waals surface area contributed by atoms with Crippen LogP contribution in [0.4, 0.5) is 5.82 Å². The lowest BCUT2D eigenvalue weighted by Gasteiger charge is -2.05. The van der Waals surface area contributed by atoms with Crippen LogP contribution in [0.1, 0.15) is 0 Å². The molecule has 19 heavy (non-hydrogen) atoms. The fraction of sp³-hybridized carbons (Fsp3) is 0.214. The van der Waals surface area contributed by atoms with Crippen LogP contribution < -0.4 is 10.5 Å². The molecule has 0 amide bonds. The van der Waals surface area contributed by atoms with E-state index in [1.165, 1.54) is 0 Å². The van der Waals surface area contributed by atoms with E-state index < -0.39 is 0 Å². The van der Waals surface area contributed by atoms with E-state index in [2.05, 4.69) is 21.8 Å². The number of methoxy groups -OCH3 is 1. The first-order chi connectivity index (χ1) is 9.10. The SMILES string of the molecule is COc1ccc2cc(-c3cc(N)nn3C)n(C)c2c1. The number of nitrogens with zero attached hydrogens (tertiary/aromatic N) is 3. The average molecular weight is 256 g/mol. The monoisotopic (exact) mass is 256 g/mol. The fourth-order valence-electron chi connectivity index (χ4n) is 2.41. The number of hydrogen-bond donors (Lipinski definition) is 1. The lowest BCUT2D eigenvalue weighted by molar-refractivity contribution is 0.415. The number of hydrogen-bond acceptors (Lipinski definition) is 3. The van der Waals surface area contributed by atoms with E-state index in [1.807, 2.05) is 32.3 Å². The van der Waals surface area contributed by atoms with Crippen LogP contribution in [0.25, 0.3) is 22.3 Å². The number of fused-ring (bicyclic) bond motifs is 1. The van der Waals surface area contributed by atoms with E-state index in [1.54, 1.807) is 11.8 Å². The maximum atomic E-state index is 5.75. The van der Waals surface area contributed by atoms with Crippen LogP contribution in [-0.2, 0) is 14.1 Å². The highest BCUT2D eigenvalue weighted by atomic mass is 16.5. The van der Waals surface area contributed by atoms with Gasteiger partial charge in [0.15, 0.2) is 0 Å². The molecule has 1 aromatic carbocycles. The molecule has 0 atom stereocenters. The molecule has 0 aliphatic heterocycles. The zero-order valence-corrected chi connectivity index (χ0v) is 11.2. The van der Waals surface area contributed by atoms with Gasteiger partial charge in [-0.3, -0.25) is 4.68 Å². The third-order valence-electron chi connectivity index (χ3n) is 3.41. The number of nitrogen functional groups attached to an aromatic ring is 1. The van der Waals surface area contributed by atoms with Crippen LogP contribution in [0.15, 0.2) is 30.3 Å². The van der Waals surface area contributed by atoms with Crippen molar-refractivity contribution in [1.82, 2.24) is 14.3 Å². The number of ether oxygens (including phenoxy) is 1. The Kier molecular flexibility index (Phi) is 2.48. The van der Waals surface area contributed by atoms with Crippen molar-refractivity contribution in [3.05, 3.63) is 30.3 Å². The standard InChI is InChI=1S/C14H16N4O/c1-17-11-7-10(19-3)5-4-9(11)6-12(17)13-8-14(15)16-18(13)2/h4-8H,1-3H3,(H2,15,16). The second kappa shape index (κ2) is 4.05. The van der Waals surface area contributed by atoms with E-state index in [9.17, 15) is 0 Å². The molecular weight excluding hydrogens is 240 g/mol. The molecule has 0 bridgehead atoms. The van der Waals surface area contributed by atoms with Crippen molar-refractivity contribution in [3.8, 4) is 17.1 Å². The largest absolute Gasteiger partial charge is 0.497 e. The van der Waals surface area contributed by atoms with Crippen LogP contribution >= 0.6 is 0 Å². The smallest absolute Gasteiger partial charge is 0.146 e. The van der Waals surface area contributed by atoms with Gasteiger partial charge in [0.1, 0.15) is 11.6 Å². The molecule has 98 valence electrons. The fourth-order valence-corrected chi connectivity index (χ4v) is 2.41. The molecule has 2 N–H and O–H groups in total. The predicted molar refractivity (Wildman–Crippen MR) is 76.1 cm³/mol. The summed E-state index contributed by atoms with van der Waals surface area (Å²) in [6.07, 6.45) is 0. The molecule has 5 heteroatoms. The zero-order valence-electron chi connectivity index (χ0n) is 11.2. The first-order valence-corrected chi connectivity index (χ1v) is 6.03. The summed E-state index contributed by atoms with van der Waals surface area (Å²) in [5, 5.41) is 5.35. The minimum Gasteiger partial charge on any atom is -0.497 e. The topological polar surface area (TPSA) is 58.0 Å². The summed E-state index contributed by atoms with van der Waals surface area (Å²) < 4.78 is 9.18. The van der Waals surface area contributed by atoms with E-state index in [4.69, 9.17) is 10.5 Å². The first kappa shape index (κ1) is 11.6. The van der Waals surface area contributed by atoms with Crippen LogP contribution in [0.3, 0.4) is 0 Å². The minimum atomic E-state index is 0.528. The van der Waals surface area contributed by atoms with E-state index in [0.29, 0.717) is 5.82 Å². The molecule has 0 aliphatic rings. The maximum absolute atomic E-state index is 5.75. The third-order valence-corrected chi connectivity index (χ3v) is 3.41. The van der Waals surface area contributed by atoms with Crippen molar-refractivity contribution in [2.24, 2.45) is 14.1 Å². The first-order valence-electron chi connectivity index (χ1n) is 6.03. The minimum absolute atomic E-state index is 0.528. The Balaban J connectivity index is 2.25. The molecule has 2 aromatic heterocycles. The lowest BCUT2D eigenvalue weighted by atomic mass is 10.2. The van der Waals surface area contributed by atoms with Crippen LogP contribution in [0, 0.1) is 0 Å². The van der Waals surface area contributed by atoms with E-state index in [0.717, 1.165) is 28.0 Å². The van der Waals surface area contributed by atoms with Crippen molar-refractivity contribution in [1.29, 1.82) is 0 Å². The molecule has 0 aliphatic carbocycles. The molecule has 0 radical (unpaired) electrons. The number of nitrogens with two attached hydrogens (primary N) is 1. The van der Waals surface area contributed by atoms with Crippen molar-refractivity contribution < 1.29 is 4.74 Å². The van der Waals surface area contributed by atoms with Gasteiger partial charge in [0.2, 0.25) is 0 Å². The lowest BCUT2D eigenvalue weighted by Crippen LogP contribution is -1.98. The quantitative estimate of drug-likeness (QED) is 0.764. The third kappa shape index (κ3) is 1.74. The molecule has 0 unspecified atom stereocenters. The molecule has 0 fully saturated rings. The van der Waals surface area contributed by atoms with Gasteiger partial charge in [-0.05, 0) is 18.2 Å². The second-order valence-electron chi connectivity index (χ2n) is 4.59. The van der Waals surface area contributed by atoms with Crippen molar-refractivity contribution >= 4 is 16.7 Å². The van der Waals surface area contributed by atoms with Crippen molar-refractivity contribution in [2.75, 3.05) is 12.8 Å². The van der Waals surface area contributed by atoms with Crippen LogP contribution in [0.5, 0.6) is 5.75 Å². The van der Waals surface area contributed by atoms with Gasteiger partial charge in [-0.25, -0.2) is 0 Å². The summed E-state index contributed by atoms with van der Waals surface area (Å²) in [5.41, 5.74) is 8.94. The van der Waals surface area contributed by atoms with Gasteiger partial charge in [0.25, 0.3) is 0 Å². The summed E-state index contributed by atoms with van der Waals surface area (Å²) in [5.74, 6) is 1.38. The summed E-state index contributed by atoms with van der Waals surface area (Å²) in [7, 11) is 5.59. The molecule has 2 heterocycles. The molecule has 0 spiro atoms. The van der Waals surface area contributed by atoms with Crippen molar-refractivity contribution in [3.63, 3.8) is 0 Å². The molecular formula is C14H16N4O. The van der Waals surface area contributed by atoms with Crippen LogP contribution in [0.2, 0.25) is 0 Å². The molecule has 3 aromatic rings. The summed E-state index contributed by atoms with van der Waals surface area (Å²) in [4.78, 5) is 0. The van der Waals surface area contributed by atoms with Gasteiger partial charge in [-0.1, -0.05) is 0 Å². The van der Waals surface area contributed by atoms with Gasteiger partial charge in [-0.15, -0.1) is 0 Å². The summed E-state index contributed by atoms with van der Waals surface area (Å²) >= 11 is 0. The molecule has 5 nitrogen and oxygen atoms in total. The number of aryl methyl sites for hydroxylation is 2. The van der Waals surface area contributed by atoms with E-state index >= 15 is 0 Å². The highest BCUT2D eigenvalue weighted by Gasteiger charge is 2.12. The summed E-state index contributed by atoms with van der Waals surface area (Å²) in [6, 6.07) is 10.1. The average Bonchev–Trinajstić information content (AvgIpc) is 2.89. The highest BCUT2D eigenvalue weighted by molar-refractivity contribution is 5.87. The highest BCUT2D eigenvalue weighted by Crippen LogP contribution is 2.30. The Morgan fingerprint density at radius 1 is 1.11 bits per heavy atom. The van der Waals surface area contributed by atoms with Gasteiger partial charge in [0, 0.05) is 31.6 Å². The van der Waals surface area contributed by atoms with Crippen LogP contribution in [-0.4, -0.2) is 21.5 Å². The Morgan fingerprint density at radius 3 is 2.53 bits per heavy atom. The zero-order chi connectivity index (χ0) is 13.6. The Labute approximate surface area is 111 Å². The normalized spacial score (nSPS) is 11.1. The number of rotatable bonds is 2. The number of benzene rings is 1. The molecule has 0 saturated carbocycles. The number of aromatic nitrogens is 3. The van der Waals surface area contributed by atoms with Gasteiger partial charge < -0.3 is 15.0 Å². The molecule has 3 rings (SSSR count). The van der Waals surface area contributed by atoms with Gasteiger partial charge >= 0.3 is 0 Å². The van der Waals surface area contributed by atoms with E-state index in [-0.39, 0.29) is 0 Å². The van der Waals surface area contributed by atoms with Gasteiger partial charge in [-0.2, -0.15) is 5.10 Å². The van der Waals surface area contributed by atoms with Crippen molar-refractivity contribution in [2.45, 2.75) is 0 Å². The maximum Gasteiger partial charge on any atom is 0.146 e. The molecule has 0 saturated heterocycles. The Hall–Kier alpha value is -2.43. The Morgan fingerprint density at radius 2 is 1.89 bits per heavy atom. The predicted octanol–water partition coefficient (Wildman–Crippen LogP) is 2.17. The summed E-state index contributed by atoms with van der Waals surface area (Å²) in [6.45, 7) is 0. The van der Waals surface area contributed by atoms with Gasteiger partial charge in [0.05, 0.1) is 24.0 Å².